The van der Waals surface area contributed by atoms with Crippen molar-refractivity contribution in [2.24, 2.45) is 17.8 Å². The summed E-state index contributed by atoms with van der Waals surface area (Å²) in [7, 11) is 0. The molecule has 0 aromatic heterocycles. The first-order valence-electron chi connectivity index (χ1n) is 5.53. The summed E-state index contributed by atoms with van der Waals surface area (Å²) in [4.78, 5) is 0. The minimum atomic E-state index is 0.823. The summed E-state index contributed by atoms with van der Waals surface area (Å²) in [6.45, 7) is 6.87. The SMILES string of the molecule is C/C=C\CC(C)C(C)C1C=CCC1. The monoisotopic (exact) mass is 178 g/mol. The molecule has 0 heterocycles. The lowest BCUT2D eigenvalue weighted by atomic mass is 9.82. The predicted molar refractivity (Wildman–Crippen MR) is 59.6 cm³/mol. The maximum Gasteiger partial charge on any atom is -0.0202 e. The zero-order chi connectivity index (χ0) is 9.68. The average Bonchev–Trinajstić information content (AvgIpc) is 2.65. The van der Waals surface area contributed by atoms with Crippen LogP contribution in [0, 0.1) is 17.8 Å². The smallest absolute Gasteiger partial charge is 0.0202 e. The van der Waals surface area contributed by atoms with Crippen molar-refractivity contribution in [1.29, 1.82) is 0 Å². The van der Waals surface area contributed by atoms with Gasteiger partial charge in [-0.15, -0.1) is 0 Å². The third-order valence-corrected chi connectivity index (χ3v) is 3.37. The molecule has 1 aliphatic rings. The van der Waals surface area contributed by atoms with Crippen molar-refractivity contribution in [1.82, 2.24) is 0 Å². The van der Waals surface area contributed by atoms with Gasteiger partial charge in [-0.2, -0.15) is 0 Å². The number of hydrogen-bond donors (Lipinski definition) is 0. The van der Waals surface area contributed by atoms with Gasteiger partial charge in [-0.1, -0.05) is 38.2 Å². The topological polar surface area (TPSA) is 0 Å². The Morgan fingerprint density at radius 2 is 2.23 bits per heavy atom. The highest BCUT2D eigenvalue weighted by Gasteiger charge is 2.21. The third kappa shape index (κ3) is 3.02. The van der Waals surface area contributed by atoms with Crippen LogP contribution < -0.4 is 0 Å². The predicted octanol–water partition coefficient (Wildman–Crippen LogP) is 4.19. The van der Waals surface area contributed by atoms with Crippen LogP contribution >= 0.6 is 0 Å². The van der Waals surface area contributed by atoms with E-state index in [0.717, 1.165) is 17.8 Å². The second kappa shape index (κ2) is 5.26. The van der Waals surface area contributed by atoms with E-state index in [1.165, 1.54) is 19.3 Å². The Morgan fingerprint density at radius 3 is 2.77 bits per heavy atom. The van der Waals surface area contributed by atoms with Crippen LogP contribution in [0.5, 0.6) is 0 Å². The molecule has 13 heavy (non-hydrogen) atoms. The summed E-state index contributed by atoms with van der Waals surface area (Å²) in [6.07, 6.45) is 13.1. The largest absolute Gasteiger partial charge is 0.0917 e. The second-order valence-electron chi connectivity index (χ2n) is 4.31. The van der Waals surface area contributed by atoms with Crippen LogP contribution in [-0.2, 0) is 0 Å². The molecule has 0 spiro atoms. The Hall–Kier alpha value is -0.520. The van der Waals surface area contributed by atoms with E-state index in [4.69, 9.17) is 0 Å². The Morgan fingerprint density at radius 1 is 1.46 bits per heavy atom. The molecule has 3 atom stereocenters. The molecule has 0 saturated heterocycles. The minimum Gasteiger partial charge on any atom is -0.0917 e. The number of hydrogen-bond acceptors (Lipinski definition) is 0. The summed E-state index contributed by atoms with van der Waals surface area (Å²) in [5.74, 6) is 2.51. The van der Waals surface area contributed by atoms with Gasteiger partial charge in [0.2, 0.25) is 0 Å². The van der Waals surface area contributed by atoms with Gasteiger partial charge in [0.1, 0.15) is 0 Å². The number of allylic oxidation sites excluding steroid dienone is 4. The second-order valence-corrected chi connectivity index (χ2v) is 4.31. The van der Waals surface area contributed by atoms with Crippen LogP contribution in [0.25, 0.3) is 0 Å². The van der Waals surface area contributed by atoms with Crippen LogP contribution in [0.1, 0.15) is 40.0 Å². The van der Waals surface area contributed by atoms with Gasteiger partial charge in [-0.05, 0) is 43.9 Å². The van der Waals surface area contributed by atoms with E-state index in [9.17, 15) is 0 Å². The standard InChI is InChI=1S/C13H22/c1-4-5-8-11(2)12(3)13-9-6-7-10-13/h4-6,9,11-13H,7-8,10H2,1-3H3/b5-4-. The van der Waals surface area contributed by atoms with Gasteiger partial charge in [-0.3, -0.25) is 0 Å². The Bertz CT molecular complexity index is 188. The van der Waals surface area contributed by atoms with Crippen molar-refractivity contribution in [3.8, 4) is 0 Å². The molecule has 0 fully saturated rings. The normalized spacial score (nSPS) is 26.8. The fourth-order valence-electron chi connectivity index (χ4n) is 2.08. The summed E-state index contributed by atoms with van der Waals surface area (Å²) < 4.78 is 0. The van der Waals surface area contributed by atoms with E-state index in [2.05, 4.69) is 45.1 Å². The minimum absolute atomic E-state index is 0.823. The molecule has 74 valence electrons. The van der Waals surface area contributed by atoms with Gasteiger partial charge in [-0.25, -0.2) is 0 Å². The van der Waals surface area contributed by atoms with Crippen molar-refractivity contribution < 1.29 is 0 Å². The fourth-order valence-corrected chi connectivity index (χ4v) is 2.08. The molecule has 0 nitrogen and oxygen atoms in total. The lowest BCUT2D eigenvalue weighted by Gasteiger charge is -2.23. The first-order valence-corrected chi connectivity index (χ1v) is 5.53. The molecule has 1 aliphatic carbocycles. The number of rotatable bonds is 4. The Balaban J connectivity index is 2.36. The fraction of sp³-hybridized carbons (Fsp3) is 0.692. The van der Waals surface area contributed by atoms with Gasteiger partial charge in [0.05, 0.1) is 0 Å². The van der Waals surface area contributed by atoms with Crippen LogP contribution in [0.15, 0.2) is 24.3 Å². The summed E-state index contributed by atoms with van der Waals surface area (Å²) in [6, 6.07) is 0. The van der Waals surface area contributed by atoms with Crippen LogP contribution in [0.3, 0.4) is 0 Å². The maximum absolute atomic E-state index is 2.41. The van der Waals surface area contributed by atoms with Crippen LogP contribution in [0.2, 0.25) is 0 Å². The molecule has 3 unspecified atom stereocenters. The molecule has 0 N–H and O–H groups in total. The van der Waals surface area contributed by atoms with Gasteiger partial charge in [0.15, 0.2) is 0 Å². The van der Waals surface area contributed by atoms with Crippen molar-refractivity contribution in [2.75, 3.05) is 0 Å². The highest BCUT2D eigenvalue weighted by atomic mass is 14.3. The summed E-state index contributed by atoms with van der Waals surface area (Å²) in [5.41, 5.74) is 0. The molecular weight excluding hydrogens is 156 g/mol. The average molecular weight is 178 g/mol. The van der Waals surface area contributed by atoms with Gasteiger partial charge < -0.3 is 0 Å². The van der Waals surface area contributed by atoms with E-state index >= 15 is 0 Å². The van der Waals surface area contributed by atoms with Crippen LogP contribution in [0.4, 0.5) is 0 Å². The third-order valence-electron chi connectivity index (χ3n) is 3.37. The molecule has 0 bridgehead atoms. The van der Waals surface area contributed by atoms with Gasteiger partial charge >= 0.3 is 0 Å². The van der Waals surface area contributed by atoms with Crippen molar-refractivity contribution >= 4 is 0 Å². The molecule has 0 saturated carbocycles. The van der Waals surface area contributed by atoms with Crippen molar-refractivity contribution in [2.45, 2.75) is 40.0 Å². The molecule has 0 aliphatic heterocycles. The van der Waals surface area contributed by atoms with Crippen LogP contribution in [-0.4, -0.2) is 0 Å². The lowest BCUT2D eigenvalue weighted by molar-refractivity contribution is 0.303. The highest BCUT2D eigenvalue weighted by Crippen LogP contribution is 2.31. The first-order chi connectivity index (χ1) is 6.25. The van der Waals surface area contributed by atoms with Crippen molar-refractivity contribution in [3.63, 3.8) is 0 Å². The summed E-state index contributed by atoms with van der Waals surface area (Å²) >= 11 is 0. The zero-order valence-electron chi connectivity index (χ0n) is 9.16. The van der Waals surface area contributed by atoms with E-state index < -0.39 is 0 Å². The van der Waals surface area contributed by atoms with E-state index in [1.54, 1.807) is 0 Å². The maximum atomic E-state index is 2.41. The molecule has 0 aromatic carbocycles. The van der Waals surface area contributed by atoms with E-state index in [0.29, 0.717) is 0 Å². The van der Waals surface area contributed by atoms with Gasteiger partial charge in [0.25, 0.3) is 0 Å². The molecular formula is C13H22. The van der Waals surface area contributed by atoms with E-state index in [1.807, 2.05) is 0 Å². The zero-order valence-corrected chi connectivity index (χ0v) is 9.16. The van der Waals surface area contributed by atoms with Gasteiger partial charge in [0, 0.05) is 0 Å². The first kappa shape index (κ1) is 10.6. The molecule has 0 aromatic rings. The molecule has 0 radical (unpaired) electrons. The van der Waals surface area contributed by atoms with E-state index in [-0.39, 0.29) is 0 Å². The molecule has 1 rings (SSSR count). The quantitative estimate of drug-likeness (QED) is 0.566. The van der Waals surface area contributed by atoms with Crippen molar-refractivity contribution in [3.05, 3.63) is 24.3 Å². The summed E-state index contributed by atoms with van der Waals surface area (Å²) in [5, 5.41) is 0. The molecule has 0 heteroatoms. The Kier molecular flexibility index (Phi) is 4.27. The lowest BCUT2D eigenvalue weighted by Crippen LogP contribution is -2.15. The molecule has 0 amide bonds. The Labute approximate surface area is 82.7 Å². The highest BCUT2D eigenvalue weighted by molar-refractivity contribution is 4.99.